The lowest BCUT2D eigenvalue weighted by molar-refractivity contribution is -0.188. The third-order valence-electron chi connectivity index (χ3n) is 3.50. The zero-order chi connectivity index (χ0) is 21.2. The minimum atomic E-state index is -6.80. The van der Waals surface area contributed by atoms with Crippen LogP contribution in [0, 0.1) is 11.3 Å². The molecule has 146 valence electrons. The molecule has 0 aromatic rings. The molecule has 26 heavy (non-hydrogen) atoms. The minimum absolute atomic E-state index is 2.01. The van der Waals surface area contributed by atoms with Crippen molar-refractivity contribution in [2.24, 2.45) is 11.3 Å². The topological polar surface area (TPSA) is 281 Å². The second-order valence-corrected chi connectivity index (χ2v) is 6.56. The van der Waals surface area contributed by atoms with Gasteiger partial charge >= 0.3 is 43.4 Å². The van der Waals surface area contributed by atoms with Crippen molar-refractivity contribution in [3.63, 3.8) is 0 Å². The predicted octanol–water partition coefficient (Wildman–Crippen LogP) is -2.60. The molecule has 0 aromatic heterocycles. The number of carboxylic acids is 6. The summed E-state index contributed by atoms with van der Waals surface area (Å²) in [5.74, 6) is -20.9. The summed E-state index contributed by atoms with van der Waals surface area (Å²) in [7, 11) is -6.80. The first kappa shape index (κ1) is 23.0. The molecule has 0 saturated heterocycles. The highest BCUT2D eigenvalue weighted by atomic mass is 31.2. The molecule has 0 aliphatic rings. The Balaban J connectivity index is 7.77. The van der Waals surface area contributed by atoms with Crippen molar-refractivity contribution in [3.8, 4) is 0 Å². The van der Waals surface area contributed by atoms with E-state index in [0.717, 1.165) is 0 Å². The summed E-state index contributed by atoms with van der Waals surface area (Å²) in [4.78, 5) is 86.7. The van der Waals surface area contributed by atoms with Gasteiger partial charge in [-0.05, 0) is 0 Å². The van der Waals surface area contributed by atoms with E-state index >= 15 is 0 Å². The second-order valence-electron chi connectivity index (χ2n) is 4.77. The molecule has 0 radical (unpaired) electrons. The number of carboxylic acid groups (broad SMARTS) is 6. The number of carbonyl (C=O) groups is 6. The van der Waals surface area contributed by atoms with Crippen molar-refractivity contribution in [2.45, 2.75) is 11.6 Å². The highest BCUT2D eigenvalue weighted by molar-refractivity contribution is 7.55. The molecule has 0 amide bonds. The quantitative estimate of drug-likeness (QED) is 0.137. The van der Waals surface area contributed by atoms with Crippen molar-refractivity contribution >= 4 is 43.4 Å². The van der Waals surface area contributed by atoms with Gasteiger partial charge in [0.05, 0.1) is 12.3 Å². The molecule has 0 fully saturated rings. The van der Waals surface area contributed by atoms with Crippen LogP contribution in [0.1, 0.15) is 6.42 Å². The van der Waals surface area contributed by atoms with E-state index in [1.165, 1.54) is 0 Å². The van der Waals surface area contributed by atoms with E-state index in [2.05, 4.69) is 0 Å². The Morgan fingerprint density at radius 2 is 1.08 bits per heavy atom. The maximum Gasteiger partial charge on any atom is 0.346 e. The molecule has 0 rings (SSSR count). The standard InChI is InChI=1S/C10H11O15P/c11-3(12)1-2(4(13)14)10(8(21)22,26(23,24)25)9(5(15)16,6(17)18)7(19)20/h2H,1H2,(H,11,12)(H,13,14)(H,15,16)(H,17,18)(H,19,20)(H,21,22)(H2,23,24,25). The van der Waals surface area contributed by atoms with Crippen LogP contribution in [0.5, 0.6) is 0 Å². The molecule has 0 heterocycles. The molecule has 0 aromatic carbocycles. The molecule has 0 spiro atoms. The minimum Gasteiger partial charge on any atom is -0.481 e. The zero-order valence-electron chi connectivity index (χ0n) is 12.2. The van der Waals surface area contributed by atoms with E-state index in [0.29, 0.717) is 0 Å². The van der Waals surface area contributed by atoms with Gasteiger partial charge in [0.25, 0.3) is 5.41 Å². The summed E-state index contributed by atoms with van der Waals surface area (Å²) in [5.41, 5.74) is -4.95. The normalized spacial score (nSPS) is 15.3. The largest absolute Gasteiger partial charge is 0.481 e. The van der Waals surface area contributed by atoms with Gasteiger partial charge in [-0.1, -0.05) is 0 Å². The molecule has 0 aliphatic carbocycles. The van der Waals surface area contributed by atoms with Crippen molar-refractivity contribution < 1.29 is 73.8 Å². The summed E-state index contributed by atoms with van der Waals surface area (Å²) in [6, 6.07) is 0. The Hall–Kier alpha value is -3.03. The van der Waals surface area contributed by atoms with Crippen LogP contribution in [-0.4, -0.2) is 81.4 Å². The maximum absolute atomic E-state index is 11.8. The van der Waals surface area contributed by atoms with Gasteiger partial charge in [-0.15, -0.1) is 0 Å². The van der Waals surface area contributed by atoms with E-state index in [1.54, 1.807) is 0 Å². The van der Waals surface area contributed by atoms with Crippen LogP contribution in [0.4, 0.5) is 0 Å². The van der Waals surface area contributed by atoms with Crippen molar-refractivity contribution in [1.29, 1.82) is 0 Å². The van der Waals surface area contributed by atoms with Gasteiger partial charge in [-0.3, -0.25) is 33.3 Å². The Morgan fingerprint density at radius 3 is 1.23 bits per heavy atom. The number of aliphatic carboxylic acids is 6. The first-order valence-corrected chi connectivity index (χ1v) is 7.57. The lowest BCUT2D eigenvalue weighted by atomic mass is 9.66. The monoisotopic (exact) mass is 402 g/mol. The highest BCUT2D eigenvalue weighted by Crippen LogP contribution is 2.64. The van der Waals surface area contributed by atoms with Crippen LogP contribution >= 0.6 is 7.60 Å². The zero-order valence-corrected chi connectivity index (χ0v) is 13.1. The fourth-order valence-corrected chi connectivity index (χ4v) is 4.05. The molecule has 15 nitrogen and oxygen atoms in total. The molecular weight excluding hydrogens is 391 g/mol. The van der Waals surface area contributed by atoms with Gasteiger partial charge in [0.15, 0.2) is 0 Å². The fourth-order valence-electron chi connectivity index (χ4n) is 2.47. The predicted molar refractivity (Wildman–Crippen MR) is 71.1 cm³/mol. The van der Waals surface area contributed by atoms with Gasteiger partial charge in [0, 0.05) is 0 Å². The molecule has 0 aliphatic heterocycles. The fraction of sp³-hybridized carbons (Fsp3) is 0.400. The van der Waals surface area contributed by atoms with Crippen LogP contribution in [0.2, 0.25) is 0 Å². The van der Waals surface area contributed by atoms with Crippen LogP contribution in [0.15, 0.2) is 0 Å². The Bertz CT molecular complexity index is 695. The Kier molecular flexibility index (Phi) is 6.24. The third-order valence-corrected chi connectivity index (χ3v) is 5.26. The van der Waals surface area contributed by atoms with Crippen molar-refractivity contribution in [1.82, 2.24) is 0 Å². The molecule has 2 unspecified atom stereocenters. The summed E-state index contributed by atoms with van der Waals surface area (Å²) < 4.78 is 11.8. The third kappa shape index (κ3) is 2.98. The van der Waals surface area contributed by atoms with Crippen LogP contribution in [-0.2, 0) is 33.3 Å². The molecule has 16 heteroatoms. The van der Waals surface area contributed by atoms with Gasteiger partial charge < -0.3 is 40.4 Å². The molecular formula is C10H11O15P. The van der Waals surface area contributed by atoms with E-state index < -0.39 is 66.3 Å². The average Bonchev–Trinajstić information content (AvgIpc) is 2.38. The second kappa shape index (κ2) is 7.07. The Labute approximate surface area is 141 Å². The van der Waals surface area contributed by atoms with Crippen LogP contribution in [0.25, 0.3) is 0 Å². The summed E-state index contributed by atoms with van der Waals surface area (Å²) in [5, 5.41) is 49.2. The molecule has 0 bridgehead atoms. The van der Waals surface area contributed by atoms with Gasteiger partial charge in [-0.2, -0.15) is 0 Å². The summed E-state index contributed by atoms with van der Waals surface area (Å²) >= 11 is 0. The van der Waals surface area contributed by atoms with Gasteiger partial charge in [0.1, 0.15) is 0 Å². The van der Waals surface area contributed by atoms with E-state index in [4.69, 9.17) is 25.5 Å². The SMILES string of the molecule is O=C(O)CC(C(=O)O)C(C(=O)O)(C(C(=O)O)(C(=O)O)C(=O)O)P(=O)(O)O. The first-order chi connectivity index (χ1) is 11.5. The molecule has 0 saturated carbocycles. The lowest BCUT2D eigenvalue weighted by Gasteiger charge is -2.41. The first-order valence-electron chi connectivity index (χ1n) is 5.96. The Morgan fingerprint density at radius 1 is 0.731 bits per heavy atom. The van der Waals surface area contributed by atoms with Crippen molar-refractivity contribution in [2.75, 3.05) is 0 Å². The van der Waals surface area contributed by atoms with Crippen LogP contribution in [0.3, 0.4) is 0 Å². The van der Waals surface area contributed by atoms with E-state index in [-0.39, 0.29) is 0 Å². The van der Waals surface area contributed by atoms with E-state index in [9.17, 15) is 48.2 Å². The maximum atomic E-state index is 11.8. The lowest BCUT2D eigenvalue weighted by Crippen LogP contribution is -2.70. The van der Waals surface area contributed by atoms with Gasteiger partial charge in [0.2, 0.25) is 5.16 Å². The summed E-state index contributed by atoms with van der Waals surface area (Å²) in [6.45, 7) is 0. The number of hydrogen-bond acceptors (Lipinski definition) is 7. The number of rotatable bonds is 10. The molecule has 2 atom stereocenters. The van der Waals surface area contributed by atoms with Crippen molar-refractivity contribution in [3.05, 3.63) is 0 Å². The van der Waals surface area contributed by atoms with E-state index in [1.807, 2.05) is 0 Å². The highest BCUT2D eigenvalue weighted by Gasteiger charge is 2.83. The number of hydrogen-bond donors (Lipinski definition) is 8. The average molecular weight is 402 g/mol. The smallest absolute Gasteiger partial charge is 0.346 e. The molecule has 8 N–H and O–H groups in total. The summed E-state index contributed by atoms with van der Waals surface area (Å²) in [6.07, 6.45) is -2.01. The van der Waals surface area contributed by atoms with Gasteiger partial charge in [-0.25, -0.2) is 0 Å². The van der Waals surface area contributed by atoms with Crippen LogP contribution < -0.4 is 0 Å².